The molecule has 3 rings (SSSR count). The highest BCUT2D eigenvalue weighted by molar-refractivity contribution is 5.96. The molecule has 1 fully saturated rings. The van der Waals surface area contributed by atoms with E-state index in [9.17, 15) is 9.90 Å². The van der Waals surface area contributed by atoms with E-state index in [2.05, 4.69) is 0 Å². The molecule has 5 heteroatoms. The Morgan fingerprint density at radius 1 is 1.21 bits per heavy atom. The molecule has 0 spiro atoms. The zero-order valence-corrected chi connectivity index (χ0v) is 13.9. The van der Waals surface area contributed by atoms with Crippen molar-refractivity contribution < 1.29 is 14.6 Å². The number of amides is 1. The molecule has 2 aromatic carbocycles. The molecule has 1 aliphatic heterocycles. The Balaban J connectivity index is 1.73. The Hall–Kier alpha value is -2.53. The van der Waals surface area contributed by atoms with Gasteiger partial charge in [0.1, 0.15) is 18.0 Å². The maximum atomic E-state index is 12.8. The zero-order valence-electron chi connectivity index (χ0n) is 13.9. The molecule has 0 aliphatic carbocycles. The first-order valence-corrected chi connectivity index (χ1v) is 8.01. The number of aliphatic hydroxyl groups is 1. The number of rotatable bonds is 3. The number of β-amino-alcohol motifs (C(OH)–C–C–N with tert-alkyl or cyclic N) is 1. The fourth-order valence-corrected chi connectivity index (χ4v) is 2.94. The second kappa shape index (κ2) is 6.53. The Labute approximate surface area is 141 Å². The van der Waals surface area contributed by atoms with Gasteiger partial charge in [-0.2, -0.15) is 0 Å². The second-order valence-electron chi connectivity index (χ2n) is 6.32. The number of likely N-dealkylation sites (tertiary alicyclic amines) is 1. The van der Waals surface area contributed by atoms with Crippen molar-refractivity contribution in [3.05, 3.63) is 59.2 Å². The Bertz CT molecular complexity index is 760. The Morgan fingerprint density at radius 2 is 2.00 bits per heavy atom. The van der Waals surface area contributed by atoms with E-state index in [1.807, 2.05) is 32.0 Å². The first kappa shape index (κ1) is 16.3. The van der Waals surface area contributed by atoms with E-state index in [-0.39, 0.29) is 12.5 Å². The summed E-state index contributed by atoms with van der Waals surface area (Å²) in [6.45, 7) is 4.49. The molecule has 5 nitrogen and oxygen atoms in total. The maximum Gasteiger partial charge on any atom is 0.254 e. The number of benzene rings is 2. The van der Waals surface area contributed by atoms with E-state index in [1.165, 1.54) is 0 Å². The summed E-state index contributed by atoms with van der Waals surface area (Å²) in [5.74, 6) is 0.522. The predicted octanol–water partition coefficient (Wildman–Crippen LogP) is 2.15. The van der Waals surface area contributed by atoms with E-state index >= 15 is 0 Å². The summed E-state index contributed by atoms with van der Waals surface area (Å²) in [5, 5.41) is 10.3. The van der Waals surface area contributed by atoms with Crippen LogP contribution in [0.1, 0.15) is 21.5 Å². The Kier molecular flexibility index (Phi) is 4.44. The van der Waals surface area contributed by atoms with E-state index in [4.69, 9.17) is 10.5 Å². The van der Waals surface area contributed by atoms with Crippen LogP contribution in [-0.4, -0.2) is 41.2 Å². The van der Waals surface area contributed by atoms with E-state index in [0.717, 1.165) is 11.1 Å². The smallest absolute Gasteiger partial charge is 0.254 e. The summed E-state index contributed by atoms with van der Waals surface area (Å²) in [6.07, 6.45) is -1.18. The lowest BCUT2D eigenvalue weighted by Crippen LogP contribution is -2.31. The van der Waals surface area contributed by atoms with Crippen LogP contribution in [0.4, 0.5) is 5.69 Å². The van der Waals surface area contributed by atoms with Gasteiger partial charge in [-0.3, -0.25) is 4.79 Å². The molecule has 1 amide bonds. The third kappa shape index (κ3) is 3.36. The van der Waals surface area contributed by atoms with Gasteiger partial charge in [0.2, 0.25) is 0 Å². The second-order valence-corrected chi connectivity index (χ2v) is 6.32. The van der Waals surface area contributed by atoms with Crippen molar-refractivity contribution in [3.63, 3.8) is 0 Å². The normalized spacial score (nSPS) is 20.2. The largest absolute Gasteiger partial charge is 0.486 e. The van der Waals surface area contributed by atoms with Gasteiger partial charge in [0.15, 0.2) is 0 Å². The molecule has 1 aliphatic rings. The first-order chi connectivity index (χ1) is 11.4. The van der Waals surface area contributed by atoms with Crippen molar-refractivity contribution in [1.82, 2.24) is 4.90 Å². The number of hydrogen-bond donors (Lipinski definition) is 2. The van der Waals surface area contributed by atoms with Gasteiger partial charge >= 0.3 is 0 Å². The summed E-state index contributed by atoms with van der Waals surface area (Å²) in [5.41, 5.74) is 8.99. The minimum Gasteiger partial charge on any atom is -0.486 e. The number of hydrogen-bond acceptors (Lipinski definition) is 4. The Morgan fingerprint density at radius 3 is 2.75 bits per heavy atom. The quantitative estimate of drug-likeness (QED) is 0.848. The van der Waals surface area contributed by atoms with E-state index in [1.54, 1.807) is 29.2 Å². The highest BCUT2D eigenvalue weighted by Gasteiger charge is 2.36. The fourth-order valence-electron chi connectivity index (χ4n) is 2.94. The molecule has 0 aromatic heterocycles. The van der Waals surface area contributed by atoms with Crippen LogP contribution in [0.2, 0.25) is 0 Å². The van der Waals surface area contributed by atoms with Gasteiger partial charge in [-0.1, -0.05) is 23.8 Å². The highest BCUT2D eigenvalue weighted by Crippen LogP contribution is 2.23. The summed E-state index contributed by atoms with van der Waals surface area (Å²) >= 11 is 0. The number of carbonyl (C=O) groups excluding carboxylic acids is 1. The maximum absolute atomic E-state index is 12.8. The van der Waals surface area contributed by atoms with Crippen molar-refractivity contribution in [3.8, 4) is 5.75 Å². The van der Waals surface area contributed by atoms with E-state index in [0.29, 0.717) is 23.5 Å². The van der Waals surface area contributed by atoms with Crippen LogP contribution in [0, 0.1) is 13.8 Å². The molecule has 2 atom stereocenters. The molecule has 24 heavy (non-hydrogen) atoms. The van der Waals surface area contributed by atoms with Crippen molar-refractivity contribution in [2.75, 3.05) is 18.8 Å². The van der Waals surface area contributed by atoms with Gasteiger partial charge < -0.3 is 20.5 Å². The number of nitrogens with two attached hydrogens (primary N) is 1. The van der Waals surface area contributed by atoms with Crippen molar-refractivity contribution in [2.24, 2.45) is 0 Å². The SMILES string of the molecule is Cc1ccc(C)c(C(=O)N2CC(O)C(Oc3cccc(N)c3)C2)c1. The molecule has 1 saturated heterocycles. The van der Waals surface area contributed by atoms with Gasteiger partial charge in [-0.25, -0.2) is 0 Å². The molecule has 2 aromatic rings. The minimum absolute atomic E-state index is 0.0751. The number of aryl methyl sites for hydroxylation is 2. The summed E-state index contributed by atoms with van der Waals surface area (Å²) < 4.78 is 5.81. The number of nitrogen functional groups attached to an aromatic ring is 1. The van der Waals surface area contributed by atoms with Crippen LogP contribution in [0.3, 0.4) is 0 Å². The van der Waals surface area contributed by atoms with Crippen LogP contribution in [0.5, 0.6) is 5.75 Å². The topological polar surface area (TPSA) is 75.8 Å². The molecule has 0 saturated carbocycles. The number of anilines is 1. The minimum atomic E-state index is -0.722. The van der Waals surface area contributed by atoms with Gasteiger partial charge in [0, 0.05) is 17.3 Å². The van der Waals surface area contributed by atoms with Crippen molar-refractivity contribution >= 4 is 11.6 Å². The standard InChI is InChI=1S/C19H22N2O3/c1-12-6-7-13(2)16(8-12)19(23)21-10-17(22)18(11-21)24-15-5-3-4-14(20)9-15/h3-9,17-18,22H,10-11,20H2,1-2H3. The molecule has 3 N–H and O–H groups in total. The molecule has 1 heterocycles. The summed E-state index contributed by atoms with van der Waals surface area (Å²) in [6, 6.07) is 12.9. The highest BCUT2D eigenvalue weighted by atomic mass is 16.5. The zero-order chi connectivity index (χ0) is 17.3. The predicted molar refractivity (Wildman–Crippen MR) is 93.1 cm³/mol. The van der Waals surface area contributed by atoms with Crippen molar-refractivity contribution in [1.29, 1.82) is 0 Å². The lowest BCUT2D eigenvalue weighted by Gasteiger charge is -2.18. The third-order valence-corrected chi connectivity index (χ3v) is 4.29. The number of ether oxygens (including phenoxy) is 1. The monoisotopic (exact) mass is 326 g/mol. The van der Waals surface area contributed by atoms with Gasteiger partial charge in [-0.15, -0.1) is 0 Å². The molecule has 2 unspecified atom stereocenters. The average molecular weight is 326 g/mol. The molecule has 0 radical (unpaired) electrons. The number of aliphatic hydroxyl groups excluding tert-OH is 1. The third-order valence-electron chi connectivity index (χ3n) is 4.29. The van der Waals surface area contributed by atoms with Crippen LogP contribution in [-0.2, 0) is 0 Å². The van der Waals surface area contributed by atoms with Gasteiger partial charge in [0.25, 0.3) is 5.91 Å². The summed E-state index contributed by atoms with van der Waals surface area (Å²) in [7, 11) is 0. The van der Waals surface area contributed by atoms with Crippen LogP contribution in [0.15, 0.2) is 42.5 Å². The van der Waals surface area contributed by atoms with Gasteiger partial charge in [0.05, 0.1) is 13.1 Å². The van der Waals surface area contributed by atoms with Crippen molar-refractivity contribution in [2.45, 2.75) is 26.1 Å². The average Bonchev–Trinajstić information content (AvgIpc) is 2.90. The molecule has 126 valence electrons. The molecular weight excluding hydrogens is 304 g/mol. The lowest BCUT2D eigenvalue weighted by molar-refractivity contribution is 0.0730. The van der Waals surface area contributed by atoms with Crippen LogP contribution >= 0.6 is 0 Å². The molecular formula is C19H22N2O3. The van der Waals surface area contributed by atoms with E-state index < -0.39 is 12.2 Å². The fraction of sp³-hybridized carbons (Fsp3) is 0.316. The molecule has 0 bridgehead atoms. The van der Waals surface area contributed by atoms with Gasteiger partial charge in [-0.05, 0) is 37.6 Å². The number of nitrogens with zero attached hydrogens (tertiary/aromatic N) is 1. The number of carbonyl (C=O) groups is 1. The van der Waals surface area contributed by atoms with Crippen LogP contribution < -0.4 is 10.5 Å². The first-order valence-electron chi connectivity index (χ1n) is 8.01. The van der Waals surface area contributed by atoms with Crippen LogP contribution in [0.25, 0.3) is 0 Å². The summed E-state index contributed by atoms with van der Waals surface area (Å²) in [4.78, 5) is 14.4. The lowest BCUT2D eigenvalue weighted by atomic mass is 10.0.